The molecule has 0 aliphatic carbocycles. The fourth-order valence-electron chi connectivity index (χ4n) is 3.77. The Kier molecular flexibility index (Phi) is 5.83. The monoisotopic (exact) mass is 296 g/mol. The van der Waals surface area contributed by atoms with E-state index in [1.807, 2.05) is 25.7 Å². The van der Waals surface area contributed by atoms with Crippen molar-refractivity contribution >= 4 is 11.8 Å². The molecular formula is C17H32N2O2. The highest BCUT2D eigenvalue weighted by Gasteiger charge is 2.53. The molecule has 2 amide bonds. The van der Waals surface area contributed by atoms with Crippen LogP contribution < -0.4 is 5.32 Å². The standard InChI is InChI=1S/C17H32N2O2/c1-7-13-14(20)18-17(11-5,12-6)15(21)19(13)16(8-2,9-3)10-4/h13H,7-12H2,1-6H3,(H,18,20). The molecule has 1 atom stereocenters. The number of amides is 2. The maximum absolute atomic E-state index is 13.3. The Morgan fingerprint density at radius 3 is 1.81 bits per heavy atom. The highest BCUT2D eigenvalue weighted by atomic mass is 16.2. The van der Waals surface area contributed by atoms with Gasteiger partial charge in [0, 0.05) is 5.54 Å². The maximum atomic E-state index is 13.3. The van der Waals surface area contributed by atoms with Crippen LogP contribution >= 0.6 is 0 Å². The third-order valence-electron chi connectivity index (χ3n) is 5.68. The first-order valence-electron chi connectivity index (χ1n) is 8.57. The van der Waals surface area contributed by atoms with Crippen LogP contribution in [0.15, 0.2) is 0 Å². The molecule has 1 heterocycles. The lowest BCUT2D eigenvalue weighted by molar-refractivity contribution is -0.165. The van der Waals surface area contributed by atoms with Gasteiger partial charge in [0.25, 0.3) is 0 Å². The molecule has 1 aliphatic heterocycles. The predicted molar refractivity (Wildman–Crippen MR) is 86.0 cm³/mol. The van der Waals surface area contributed by atoms with E-state index in [4.69, 9.17) is 0 Å². The van der Waals surface area contributed by atoms with Gasteiger partial charge in [-0.15, -0.1) is 0 Å². The minimum absolute atomic E-state index is 0.0144. The zero-order chi connectivity index (χ0) is 16.3. The Labute approximate surface area is 129 Å². The topological polar surface area (TPSA) is 49.4 Å². The van der Waals surface area contributed by atoms with Gasteiger partial charge in [-0.1, -0.05) is 41.5 Å². The lowest BCUT2D eigenvalue weighted by atomic mass is 9.79. The number of nitrogens with zero attached hydrogens (tertiary/aromatic N) is 1. The Morgan fingerprint density at radius 2 is 1.48 bits per heavy atom. The summed E-state index contributed by atoms with van der Waals surface area (Å²) in [7, 11) is 0. The van der Waals surface area contributed by atoms with Crippen molar-refractivity contribution in [2.45, 2.75) is 97.2 Å². The second-order valence-corrected chi connectivity index (χ2v) is 6.16. The van der Waals surface area contributed by atoms with Crippen molar-refractivity contribution in [1.82, 2.24) is 10.2 Å². The van der Waals surface area contributed by atoms with Crippen LogP contribution in [0, 0.1) is 0 Å². The molecule has 1 aliphatic rings. The third-order valence-corrected chi connectivity index (χ3v) is 5.68. The van der Waals surface area contributed by atoms with Gasteiger partial charge in [0.15, 0.2) is 0 Å². The number of carbonyl (C=O) groups excluding carboxylic acids is 2. The maximum Gasteiger partial charge on any atom is 0.249 e. The number of hydrogen-bond donors (Lipinski definition) is 1. The highest BCUT2D eigenvalue weighted by molar-refractivity contribution is 6.00. The van der Waals surface area contributed by atoms with Gasteiger partial charge in [-0.3, -0.25) is 9.59 Å². The number of hydrogen-bond acceptors (Lipinski definition) is 2. The van der Waals surface area contributed by atoms with Gasteiger partial charge >= 0.3 is 0 Å². The zero-order valence-electron chi connectivity index (χ0n) is 14.6. The third kappa shape index (κ3) is 2.69. The predicted octanol–water partition coefficient (Wildman–Crippen LogP) is 3.25. The summed E-state index contributed by atoms with van der Waals surface area (Å²) in [6.07, 6.45) is 4.63. The van der Waals surface area contributed by atoms with E-state index in [1.165, 1.54) is 0 Å². The van der Waals surface area contributed by atoms with Crippen LogP contribution in [-0.4, -0.2) is 33.8 Å². The lowest BCUT2D eigenvalue weighted by Crippen LogP contribution is -2.74. The SMILES string of the molecule is CCC1C(=O)NC(CC)(CC)C(=O)N1C(CC)(CC)CC. The van der Waals surface area contributed by atoms with E-state index in [2.05, 4.69) is 26.1 Å². The van der Waals surface area contributed by atoms with Crippen LogP contribution in [0.5, 0.6) is 0 Å². The molecule has 0 bridgehead atoms. The van der Waals surface area contributed by atoms with Crippen molar-refractivity contribution in [3.8, 4) is 0 Å². The van der Waals surface area contributed by atoms with Gasteiger partial charge in [0.1, 0.15) is 11.6 Å². The molecule has 4 heteroatoms. The molecular weight excluding hydrogens is 264 g/mol. The number of carbonyl (C=O) groups is 2. The zero-order valence-corrected chi connectivity index (χ0v) is 14.6. The Bertz CT molecular complexity index is 376. The summed E-state index contributed by atoms with van der Waals surface area (Å²) in [6, 6.07) is -0.330. The van der Waals surface area contributed by atoms with Gasteiger partial charge < -0.3 is 10.2 Å². The molecule has 0 saturated carbocycles. The quantitative estimate of drug-likeness (QED) is 0.784. The van der Waals surface area contributed by atoms with Crippen LogP contribution in [-0.2, 0) is 9.59 Å². The molecule has 1 rings (SSSR count). The second-order valence-electron chi connectivity index (χ2n) is 6.16. The first-order chi connectivity index (χ1) is 9.91. The van der Waals surface area contributed by atoms with E-state index >= 15 is 0 Å². The average molecular weight is 296 g/mol. The number of rotatable bonds is 7. The van der Waals surface area contributed by atoms with E-state index < -0.39 is 5.54 Å². The van der Waals surface area contributed by atoms with Crippen molar-refractivity contribution in [3.63, 3.8) is 0 Å². The molecule has 1 fully saturated rings. The summed E-state index contributed by atoms with van der Waals surface area (Å²) < 4.78 is 0. The molecule has 4 nitrogen and oxygen atoms in total. The fourth-order valence-corrected chi connectivity index (χ4v) is 3.77. The van der Waals surface area contributed by atoms with E-state index in [0.29, 0.717) is 19.3 Å². The van der Waals surface area contributed by atoms with Gasteiger partial charge in [-0.05, 0) is 38.5 Å². The summed E-state index contributed by atoms with van der Waals surface area (Å²) in [5.41, 5.74) is -0.918. The Morgan fingerprint density at radius 1 is 1.00 bits per heavy atom. The van der Waals surface area contributed by atoms with Crippen molar-refractivity contribution in [2.75, 3.05) is 0 Å². The van der Waals surface area contributed by atoms with Crippen LogP contribution in [0.25, 0.3) is 0 Å². The number of piperazine rings is 1. The summed E-state index contributed by atoms with van der Waals surface area (Å²) in [6.45, 7) is 12.3. The van der Waals surface area contributed by atoms with E-state index in [1.54, 1.807) is 0 Å². The van der Waals surface area contributed by atoms with Gasteiger partial charge in [0.05, 0.1) is 0 Å². The first kappa shape index (κ1) is 18.0. The molecule has 0 aromatic carbocycles. The van der Waals surface area contributed by atoms with Crippen molar-refractivity contribution in [2.24, 2.45) is 0 Å². The second kappa shape index (κ2) is 6.80. The van der Waals surface area contributed by atoms with E-state index in [-0.39, 0.29) is 23.4 Å². The smallest absolute Gasteiger partial charge is 0.249 e. The minimum atomic E-state index is -0.715. The molecule has 0 aromatic heterocycles. The lowest BCUT2D eigenvalue weighted by Gasteiger charge is -2.53. The van der Waals surface area contributed by atoms with Crippen LogP contribution in [0.3, 0.4) is 0 Å². The molecule has 0 aromatic rings. The summed E-state index contributed by atoms with van der Waals surface area (Å²) in [4.78, 5) is 27.8. The molecule has 1 N–H and O–H groups in total. The van der Waals surface area contributed by atoms with Crippen LogP contribution in [0.4, 0.5) is 0 Å². The van der Waals surface area contributed by atoms with Gasteiger partial charge in [0.2, 0.25) is 11.8 Å². The van der Waals surface area contributed by atoms with Gasteiger partial charge in [-0.25, -0.2) is 0 Å². The minimum Gasteiger partial charge on any atom is -0.340 e. The number of nitrogens with one attached hydrogen (secondary N) is 1. The van der Waals surface area contributed by atoms with Crippen molar-refractivity contribution in [1.29, 1.82) is 0 Å². The first-order valence-corrected chi connectivity index (χ1v) is 8.57. The molecule has 0 radical (unpaired) electrons. The fraction of sp³-hybridized carbons (Fsp3) is 0.882. The molecule has 21 heavy (non-hydrogen) atoms. The Hall–Kier alpha value is -1.06. The highest BCUT2D eigenvalue weighted by Crippen LogP contribution is 2.37. The largest absolute Gasteiger partial charge is 0.340 e. The average Bonchev–Trinajstić information content (AvgIpc) is 2.52. The summed E-state index contributed by atoms with van der Waals surface area (Å²) >= 11 is 0. The van der Waals surface area contributed by atoms with Crippen molar-refractivity contribution in [3.05, 3.63) is 0 Å². The Balaban J connectivity index is 3.40. The molecule has 122 valence electrons. The summed E-state index contributed by atoms with van der Waals surface area (Å²) in [5, 5.41) is 3.02. The molecule has 1 saturated heterocycles. The normalized spacial score (nSPS) is 22.4. The van der Waals surface area contributed by atoms with Gasteiger partial charge in [-0.2, -0.15) is 0 Å². The summed E-state index contributed by atoms with van der Waals surface area (Å²) in [5.74, 6) is 0.130. The van der Waals surface area contributed by atoms with E-state index in [9.17, 15) is 9.59 Å². The van der Waals surface area contributed by atoms with E-state index in [0.717, 1.165) is 19.3 Å². The molecule has 0 spiro atoms. The van der Waals surface area contributed by atoms with Crippen molar-refractivity contribution < 1.29 is 9.59 Å². The molecule has 1 unspecified atom stereocenters. The van der Waals surface area contributed by atoms with Crippen LogP contribution in [0.2, 0.25) is 0 Å². The van der Waals surface area contributed by atoms with Crippen LogP contribution in [0.1, 0.15) is 80.1 Å².